The van der Waals surface area contributed by atoms with Gasteiger partial charge in [-0.3, -0.25) is 0 Å². The average molecular weight is 108 g/mol. The summed E-state index contributed by atoms with van der Waals surface area (Å²) in [5, 5.41) is 3.25. The van der Waals surface area contributed by atoms with Gasteiger partial charge in [0.25, 0.3) is 0 Å². The van der Waals surface area contributed by atoms with E-state index in [4.69, 9.17) is 0 Å². The number of anilines is 1. The van der Waals surface area contributed by atoms with Crippen LogP contribution in [-0.2, 0) is 6.42 Å². The molecule has 2 rings (SSSR count). The molecule has 2 heteroatoms. The molecule has 2 nitrogen and oxygen atoms in total. The highest BCUT2D eigenvalue weighted by Crippen LogP contribution is 2.19. The Bertz CT molecular complexity index is 172. The molecule has 0 bridgehead atoms. The molecule has 2 heterocycles. The molecule has 0 aromatic carbocycles. The summed E-state index contributed by atoms with van der Waals surface area (Å²) in [7, 11) is 0. The van der Waals surface area contributed by atoms with Crippen LogP contribution >= 0.6 is 0 Å². The van der Waals surface area contributed by atoms with Crippen LogP contribution in [0, 0.1) is 0 Å². The third kappa shape index (κ3) is 0.372. The van der Waals surface area contributed by atoms with E-state index >= 15 is 0 Å². The maximum atomic E-state index is 3.25. The van der Waals surface area contributed by atoms with Gasteiger partial charge in [-0.2, -0.15) is 0 Å². The Morgan fingerprint density at radius 3 is 3.25 bits per heavy atom. The fourth-order valence-corrected chi connectivity index (χ4v) is 1.10. The molecule has 1 aliphatic rings. The number of fused-ring (bicyclic) bond motifs is 1. The van der Waals surface area contributed by atoms with Gasteiger partial charge in [0.1, 0.15) is 0 Å². The second-order valence-electron chi connectivity index (χ2n) is 2.07. The summed E-state index contributed by atoms with van der Waals surface area (Å²) in [6.07, 6.45) is 5.23. The molecule has 0 spiro atoms. The minimum atomic E-state index is 1.11. The van der Waals surface area contributed by atoms with Crippen molar-refractivity contribution in [1.29, 1.82) is 0 Å². The van der Waals surface area contributed by atoms with Crippen molar-refractivity contribution in [3.8, 4) is 0 Å². The van der Waals surface area contributed by atoms with Crippen molar-refractivity contribution in [2.24, 2.45) is 0 Å². The van der Waals surface area contributed by atoms with Gasteiger partial charge in [0, 0.05) is 18.9 Å². The van der Waals surface area contributed by atoms with Crippen LogP contribution in [0.2, 0.25) is 0 Å². The molecule has 1 aliphatic heterocycles. The first-order chi connectivity index (χ1) is 3.97. The SMILES string of the molecule is c1[nH]cc2c1CCN2. The maximum absolute atomic E-state index is 3.25. The maximum Gasteiger partial charge on any atom is 0.0551 e. The third-order valence-electron chi connectivity index (χ3n) is 1.54. The first-order valence-electron chi connectivity index (χ1n) is 2.86. The van der Waals surface area contributed by atoms with Gasteiger partial charge in [-0.1, -0.05) is 0 Å². The van der Waals surface area contributed by atoms with Crippen LogP contribution in [0.3, 0.4) is 0 Å². The number of rotatable bonds is 0. The Labute approximate surface area is 47.9 Å². The molecular formula is C6H8N2. The Morgan fingerprint density at radius 1 is 1.38 bits per heavy atom. The second kappa shape index (κ2) is 1.28. The first kappa shape index (κ1) is 4.01. The summed E-state index contributed by atoms with van der Waals surface area (Å²) in [5.41, 5.74) is 2.70. The van der Waals surface area contributed by atoms with Crippen molar-refractivity contribution < 1.29 is 0 Å². The van der Waals surface area contributed by atoms with Gasteiger partial charge in [-0.05, 0) is 12.0 Å². The summed E-state index contributed by atoms with van der Waals surface area (Å²) in [6, 6.07) is 0. The van der Waals surface area contributed by atoms with E-state index in [1.165, 1.54) is 17.7 Å². The molecule has 8 heavy (non-hydrogen) atoms. The van der Waals surface area contributed by atoms with Crippen LogP contribution in [-0.4, -0.2) is 11.5 Å². The monoisotopic (exact) mass is 108 g/mol. The summed E-state index contributed by atoms with van der Waals surface area (Å²) in [5.74, 6) is 0. The quantitative estimate of drug-likeness (QED) is 0.509. The lowest BCUT2D eigenvalue weighted by molar-refractivity contribution is 1.09. The zero-order valence-corrected chi connectivity index (χ0v) is 4.57. The number of nitrogens with one attached hydrogen (secondary N) is 2. The Morgan fingerprint density at radius 2 is 2.38 bits per heavy atom. The van der Waals surface area contributed by atoms with E-state index in [0.29, 0.717) is 0 Å². The van der Waals surface area contributed by atoms with Crippen LogP contribution in [0.4, 0.5) is 5.69 Å². The van der Waals surface area contributed by atoms with E-state index in [9.17, 15) is 0 Å². The molecule has 0 fully saturated rings. The van der Waals surface area contributed by atoms with Gasteiger partial charge in [0.15, 0.2) is 0 Å². The molecule has 0 saturated carbocycles. The fraction of sp³-hybridized carbons (Fsp3) is 0.333. The Hall–Kier alpha value is -0.920. The molecule has 0 radical (unpaired) electrons. The number of aromatic amines is 1. The van der Waals surface area contributed by atoms with E-state index in [1.54, 1.807) is 0 Å². The van der Waals surface area contributed by atoms with E-state index < -0.39 is 0 Å². The lowest BCUT2D eigenvalue weighted by Crippen LogP contribution is -1.91. The van der Waals surface area contributed by atoms with Crippen molar-refractivity contribution in [3.05, 3.63) is 18.0 Å². The summed E-state index contributed by atoms with van der Waals surface area (Å²) in [4.78, 5) is 3.04. The van der Waals surface area contributed by atoms with Crippen molar-refractivity contribution in [2.45, 2.75) is 6.42 Å². The topological polar surface area (TPSA) is 27.8 Å². The van der Waals surface area contributed by atoms with Gasteiger partial charge >= 0.3 is 0 Å². The van der Waals surface area contributed by atoms with Crippen molar-refractivity contribution >= 4 is 5.69 Å². The summed E-state index contributed by atoms with van der Waals surface area (Å²) >= 11 is 0. The molecule has 0 amide bonds. The van der Waals surface area contributed by atoms with Gasteiger partial charge < -0.3 is 10.3 Å². The predicted octanol–water partition coefficient (Wildman–Crippen LogP) is 0.983. The van der Waals surface area contributed by atoms with Crippen molar-refractivity contribution in [3.63, 3.8) is 0 Å². The third-order valence-corrected chi connectivity index (χ3v) is 1.54. The standard InChI is InChI=1S/C6H8N2/c1-2-8-6-4-7-3-5(1)6/h3-4,7-8H,1-2H2. The van der Waals surface area contributed by atoms with Crippen molar-refractivity contribution in [1.82, 2.24) is 4.98 Å². The first-order valence-corrected chi connectivity index (χ1v) is 2.86. The summed E-state index contributed by atoms with van der Waals surface area (Å²) < 4.78 is 0. The van der Waals surface area contributed by atoms with E-state index in [-0.39, 0.29) is 0 Å². The van der Waals surface area contributed by atoms with Gasteiger partial charge in [0.05, 0.1) is 5.69 Å². The highest BCUT2D eigenvalue weighted by Gasteiger charge is 2.07. The molecule has 0 atom stereocenters. The predicted molar refractivity (Wildman–Crippen MR) is 33.0 cm³/mol. The highest BCUT2D eigenvalue weighted by molar-refractivity contribution is 5.53. The lowest BCUT2D eigenvalue weighted by atomic mass is 10.3. The van der Waals surface area contributed by atoms with E-state index in [2.05, 4.69) is 16.5 Å². The number of aromatic nitrogens is 1. The molecule has 42 valence electrons. The fourth-order valence-electron chi connectivity index (χ4n) is 1.10. The molecule has 0 saturated heterocycles. The van der Waals surface area contributed by atoms with Crippen LogP contribution in [0.25, 0.3) is 0 Å². The van der Waals surface area contributed by atoms with Crippen LogP contribution in [0.15, 0.2) is 12.4 Å². The van der Waals surface area contributed by atoms with Crippen LogP contribution in [0.5, 0.6) is 0 Å². The molecule has 0 unspecified atom stereocenters. The molecule has 1 aromatic heterocycles. The normalized spacial score (nSPS) is 15.5. The van der Waals surface area contributed by atoms with Gasteiger partial charge in [-0.15, -0.1) is 0 Å². The Kier molecular flexibility index (Phi) is 0.640. The number of hydrogen-bond acceptors (Lipinski definition) is 1. The largest absolute Gasteiger partial charge is 0.383 e. The van der Waals surface area contributed by atoms with Crippen molar-refractivity contribution in [2.75, 3.05) is 11.9 Å². The zero-order valence-electron chi connectivity index (χ0n) is 4.57. The van der Waals surface area contributed by atoms with Crippen LogP contribution < -0.4 is 5.32 Å². The molecule has 0 aliphatic carbocycles. The van der Waals surface area contributed by atoms with E-state index in [0.717, 1.165) is 6.54 Å². The molecule has 1 aromatic rings. The summed E-state index contributed by atoms with van der Waals surface area (Å²) in [6.45, 7) is 1.11. The van der Waals surface area contributed by atoms with Gasteiger partial charge in [0.2, 0.25) is 0 Å². The number of H-pyrrole nitrogens is 1. The van der Waals surface area contributed by atoms with Gasteiger partial charge in [-0.25, -0.2) is 0 Å². The smallest absolute Gasteiger partial charge is 0.0551 e. The average Bonchev–Trinajstić information content (AvgIpc) is 2.15. The Balaban J connectivity index is 2.54. The van der Waals surface area contributed by atoms with E-state index in [1.807, 2.05) is 6.20 Å². The minimum Gasteiger partial charge on any atom is -0.383 e. The zero-order chi connectivity index (χ0) is 5.40. The second-order valence-corrected chi connectivity index (χ2v) is 2.07. The highest BCUT2D eigenvalue weighted by atomic mass is 14.9. The van der Waals surface area contributed by atoms with Crippen LogP contribution in [0.1, 0.15) is 5.56 Å². The molecule has 2 N–H and O–H groups in total. The minimum absolute atomic E-state index is 1.11. The number of hydrogen-bond donors (Lipinski definition) is 2. The molecular weight excluding hydrogens is 100 g/mol. The lowest BCUT2D eigenvalue weighted by Gasteiger charge is -1.86.